The summed E-state index contributed by atoms with van der Waals surface area (Å²) in [6, 6.07) is 19.7. The fourth-order valence-electron chi connectivity index (χ4n) is 4.31. The van der Waals surface area contributed by atoms with Crippen LogP contribution in [0.3, 0.4) is 0 Å². The molecule has 1 heterocycles. The standard InChI is InChI=1S/C30H32ClNO5Si/c1-20-26(19-29(33)37-24-12-6-21(7-13-24)16-17-36-38(3,4)5)27-18-25(35-2)14-15-28(27)32(20)30(34)22-8-10-23(31)11-9-22/h6-15,18H,16-17,19H2,1-5H3. The molecule has 0 aliphatic rings. The Hall–Kier alpha value is -3.39. The topological polar surface area (TPSA) is 66.8 Å². The zero-order valence-corrected chi connectivity index (χ0v) is 24.1. The molecule has 0 spiro atoms. The summed E-state index contributed by atoms with van der Waals surface area (Å²) in [6.45, 7) is 9.01. The number of carbonyl (C=O) groups excluding carboxylic acids is 2. The third kappa shape index (κ3) is 6.53. The van der Waals surface area contributed by atoms with Crippen LogP contribution in [0.15, 0.2) is 66.7 Å². The molecule has 0 N–H and O–H groups in total. The van der Waals surface area contributed by atoms with Crippen LogP contribution in [0.4, 0.5) is 0 Å². The molecule has 0 saturated carbocycles. The van der Waals surface area contributed by atoms with E-state index in [0.29, 0.717) is 45.5 Å². The first-order valence-electron chi connectivity index (χ1n) is 12.5. The number of methoxy groups -OCH3 is 1. The van der Waals surface area contributed by atoms with E-state index in [-0.39, 0.29) is 12.3 Å². The Morgan fingerprint density at radius 2 is 1.58 bits per heavy atom. The minimum atomic E-state index is -1.54. The number of hydrogen-bond donors (Lipinski definition) is 0. The molecule has 0 atom stereocenters. The van der Waals surface area contributed by atoms with Crippen LogP contribution in [-0.4, -0.2) is 38.5 Å². The van der Waals surface area contributed by atoms with E-state index < -0.39 is 14.3 Å². The highest BCUT2D eigenvalue weighted by Crippen LogP contribution is 2.31. The molecule has 1 aromatic heterocycles. The molecule has 0 unspecified atom stereocenters. The molecule has 0 radical (unpaired) electrons. The van der Waals surface area contributed by atoms with Crippen molar-refractivity contribution in [2.75, 3.05) is 13.7 Å². The summed E-state index contributed by atoms with van der Waals surface area (Å²) in [4.78, 5) is 26.5. The van der Waals surface area contributed by atoms with Crippen LogP contribution >= 0.6 is 11.6 Å². The van der Waals surface area contributed by atoms with Crippen LogP contribution in [0.1, 0.15) is 27.2 Å². The molecule has 0 amide bonds. The molecule has 0 bridgehead atoms. The first kappa shape index (κ1) is 27.6. The van der Waals surface area contributed by atoms with Crippen molar-refractivity contribution in [3.63, 3.8) is 0 Å². The third-order valence-electron chi connectivity index (χ3n) is 6.24. The highest BCUT2D eigenvalue weighted by atomic mass is 35.5. The fourth-order valence-corrected chi connectivity index (χ4v) is 5.15. The summed E-state index contributed by atoms with van der Waals surface area (Å²) in [6.07, 6.45) is 0.808. The van der Waals surface area contributed by atoms with Crippen molar-refractivity contribution in [3.8, 4) is 11.5 Å². The van der Waals surface area contributed by atoms with E-state index in [1.165, 1.54) is 0 Å². The van der Waals surface area contributed by atoms with Crippen molar-refractivity contribution in [1.29, 1.82) is 0 Å². The molecule has 6 nitrogen and oxygen atoms in total. The number of fused-ring (bicyclic) bond motifs is 1. The van der Waals surface area contributed by atoms with Crippen molar-refractivity contribution >= 4 is 42.7 Å². The summed E-state index contributed by atoms with van der Waals surface area (Å²) in [5.74, 6) is 0.490. The summed E-state index contributed by atoms with van der Waals surface area (Å²) in [5.41, 5.74) is 3.69. The lowest BCUT2D eigenvalue weighted by Gasteiger charge is -2.17. The summed E-state index contributed by atoms with van der Waals surface area (Å²) in [7, 11) is 0.0380. The lowest BCUT2D eigenvalue weighted by atomic mass is 10.1. The Balaban J connectivity index is 1.56. The minimum Gasteiger partial charge on any atom is -0.497 e. The van der Waals surface area contributed by atoms with Gasteiger partial charge >= 0.3 is 5.97 Å². The number of aromatic nitrogens is 1. The van der Waals surface area contributed by atoms with Crippen molar-refractivity contribution in [3.05, 3.63) is 94.1 Å². The number of hydrogen-bond acceptors (Lipinski definition) is 5. The summed E-state index contributed by atoms with van der Waals surface area (Å²) in [5, 5.41) is 1.32. The second kappa shape index (κ2) is 11.6. The Morgan fingerprint density at radius 1 is 0.921 bits per heavy atom. The van der Waals surface area contributed by atoms with Gasteiger partial charge in [0.15, 0.2) is 8.32 Å². The number of carbonyl (C=O) groups is 2. The van der Waals surface area contributed by atoms with Crippen LogP contribution in [0.25, 0.3) is 10.9 Å². The number of benzene rings is 3. The van der Waals surface area contributed by atoms with Crippen molar-refractivity contribution < 1.29 is 23.5 Å². The monoisotopic (exact) mass is 549 g/mol. The predicted octanol–water partition coefficient (Wildman–Crippen LogP) is 6.84. The van der Waals surface area contributed by atoms with Gasteiger partial charge in [-0.05, 0) is 98.7 Å². The number of halogens is 1. The average molecular weight is 550 g/mol. The van der Waals surface area contributed by atoms with E-state index in [1.807, 2.05) is 31.2 Å². The second-order valence-electron chi connectivity index (χ2n) is 10.1. The van der Waals surface area contributed by atoms with Gasteiger partial charge in [0.2, 0.25) is 0 Å². The molecule has 0 aliphatic carbocycles. The number of nitrogens with zero attached hydrogens (tertiary/aromatic N) is 1. The normalized spacial score (nSPS) is 11.5. The first-order chi connectivity index (χ1) is 18.1. The fraction of sp³-hybridized carbons (Fsp3) is 0.267. The van der Waals surface area contributed by atoms with Crippen molar-refractivity contribution in [2.45, 2.75) is 39.4 Å². The molecule has 0 fully saturated rings. The Bertz CT molecular complexity index is 1450. The van der Waals surface area contributed by atoms with Gasteiger partial charge in [0.1, 0.15) is 11.5 Å². The third-order valence-corrected chi connectivity index (χ3v) is 7.56. The Kier molecular flexibility index (Phi) is 8.40. The number of rotatable bonds is 9. The van der Waals surface area contributed by atoms with E-state index in [9.17, 15) is 9.59 Å². The van der Waals surface area contributed by atoms with E-state index in [2.05, 4.69) is 19.6 Å². The highest BCUT2D eigenvalue weighted by Gasteiger charge is 2.23. The Morgan fingerprint density at radius 3 is 2.21 bits per heavy atom. The van der Waals surface area contributed by atoms with E-state index >= 15 is 0 Å². The Labute approximate surface area is 229 Å². The minimum absolute atomic E-state index is 0.00218. The predicted molar refractivity (Wildman–Crippen MR) is 153 cm³/mol. The zero-order valence-electron chi connectivity index (χ0n) is 22.3. The van der Waals surface area contributed by atoms with Gasteiger partial charge in [-0.15, -0.1) is 0 Å². The summed E-state index contributed by atoms with van der Waals surface area (Å²) < 4.78 is 18.6. The van der Waals surface area contributed by atoms with Gasteiger partial charge < -0.3 is 13.9 Å². The molecular weight excluding hydrogens is 518 g/mol. The largest absolute Gasteiger partial charge is 0.497 e. The van der Waals surface area contributed by atoms with Crippen LogP contribution in [-0.2, 0) is 22.1 Å². The van der Waals surface area contributed by atoms with E-state index in [1.54, 1.807) is 54.1 Å². The van der Waals surface area contributed by atoms with Crippen LogP contribution in [0.5, 0.6) is 11.5 Å². The maximum absolute atomic E-state index is 13.5. The molecule has 0 saturated heterocycles. The molecule has 4 rings (SSSR count). The van der Waals surface area contributed by atoms with Crippen LogP contribution < -0.4 is 9.47 Å². The van der Waals surface area contributed by atoms with Gasteiger partial charge in [-0.25, -0.2) is 0 Å². The quantitative estimate of drug-likeness (QED) is 0.130. The molecule has 8 heteroatoms. The van der Waals surface area contributed by atoms with Crippen molar-refractivity contribution in [2.24, 2.45) is 0 Å². The molecule has 0 aliphatic heterocycles. The maximum Gasteiger partial charge on any atom is 0.315 e. The number of esters is 1. The second-order valence-corrected chi connectivity index (χ2v) is 15.0. The molecular formula is C30H32ClNO5Si. The van der Waals surface area contributed by atoms with E-state index in [4.69, 9.17) is 25.5 Å². The average Bonchev–Trinajstić information content (AvgIpc) is 3.14. The van der Waals surface area contributed by atoms with Gasteiger partial charge in [-0.1, -0.05) is 23.7 Å². The highest BCUT2D eigenvalue weighted by molar-refractivity contribution is 6.69. The SMILES string of the molecule is COc1ccc2c(c1)c(CC(=O)Oc1ccc(CCO[Si](C)(C)C)cc1)c(C)n2C(=O)c1ccc(Cl)cc1. The van der Waals surface area contributed by atoms with Gasteiger partial charge in [-0.3, -0.25) is 14.2 Å². The molecule has 38 heavy (non-hydrogen) atoms. The number of ether oxygens (including phenoxy) is 2. The van der Waals surface area contributed by atoms with Gasteiger partial charge in [0.25, 0.3) is 5.91 Å². The smallest absolute Gasteiger partial charge is 0.315 e. The first-order valence-corrected chi connectivity index (χ1v) is 16.3. The zero-order chi connectivity index (χ0) is 27.4. The van der Waals surface area contributed by atoms with Crippen LogP contribution in [0.2, 0.25) is 24.7 Å². The van der Waals surface area contributed by atoms with Gasteiger partial charge in [-0.2, -0.15) is 0 Å². The van der Waals surface area contributed by atoms with E-state index in [0.717, 1.165) is 17.4 Å². The molecule has 198 valence electrons. The van der Waals surface area contributed by atoms with Gasteiger partial charge in [0.05, 0.1) is 19.0 Å². The lowest BCUT2D eigenvalue weighted by Crippen LogP contribution is -2.26. The molecule has 3 aromatic carbocycles. The molecule has 4 aromatic rings. The van der Waals surface area contributed by atoms with Crippen LogP contribution in [0, 0.1) is 6.92 Å². The summed E-state index contributed by atoms with van der Waals surface area (Å²) >= 11 is 6.01. The maximum atomic E-state index is 13.5. The lowest BCUT2D eigenvalue weighted by molar-refractivity contribution is -0.133. The van der Waals surface area contributed by atoms with Crippen molar-refractivity contribution in [1.82, 2.24) is 4.57 Å². The van der Waals surface area contributed by atoms with Gasteiger partial charge in [0, 0.05) is 28.3 Å².